The molecule has 5 nitrogen and oxygen atoms in total. The van der Waals surface area contributed by atoms with Crippen LogP contribution in [-0.2, 0) is 9.59 Å². The topological polar surface area (TPSA) is 71.1 Å². The zero-order valence-electron chi connectivity index (χ0n) is 19.7. The second kappa shape index (κ2) is 12.5. The number of hydrogen-bond donors (Lipinski definition) is 2. The minimum atomic E-state index is -0.505. The van der Waals surface area contributed by atoms with Gasteiger partial charge in [0.25, 0.3) is 0 Å². The Morgan fingerprint density at radius 3 is 2.39 bits per heavy atom. The Balaban J connectivity index is 1.47. The highest BCUT2D eigenvalue weighted by molar-refractivity contribution is 8.00. The largest absolute Gasteiger partial charge is 0.326 e. The Bertz CT molecular complexity index is 1290. The van der Waals surface area contributed by atoms with Gasteiger partial charge >= 0.3 is 0 Å². The molecule has 1 heterocycles. The number of nitrogens with zero attached hydrogens (tertiary/aromatic N) is 1. The van der Waals surface area contributed by atoms with E-state index in [0.717, 1.165) is 34.6 Å². The quantitative estimate of drug-likeness (QED) is 0.212. The smallest absolute Gasteiger partial charge is 0.244 e. The zero-order valence-corrected chi connectivity index (χ0v) is 21.4. The maximum absolute atomic E-state index is 13.3. The standard InChI is InChI=1S/C28H26FN3O2S2/c1-2-3-9-25(33)30-22-14-16-23(17-15-22)36-26(20-7-5-4-6-8-20)27(34)32-28-31-24(18-35-28)19-10-12-21(29)13-11-19/h4-8,10-18,26H,2-3,9H2,1H3,(H,30,33)(H,31,32,34). The van der Waals surface area contributed by atoms with Crippen molar-refractivity contribution in [2.45, 2.75) is 36.3 Å². The van der Waals surface area contributed by atoms with Crippen LogP contribution in [0.15, 0.2) is 89.1 Å². The third-order valence-corrected chi connectivity index (χ3v) is 7.39. The number of carbonyl (C=O) groups excluding carboxylic acids is 2. The lowest BCUT2D eigenvalue weighted by molar-refractivity contribution is -0.116. The highest BCUT2D eigenvalue weighted by Gasteiger charge is 2.23. The maximum Gasteiger partial charge on any atom is 0.244 e. The summed E-state index contributed by atoms with van der Waals surface area (Å²) >= 11 is 2.75. The first-order valence-electron chi connectivity index (χ1n) is 11.7. The molecule has 0 aliphatic carbocycles. The van der Waals surface area contributed by atoms with Gasteiger partial charge < -0.3 is 10.6 Å². The number of aromatic nitrogens is 1. The minimum absolute atomic E-state index is 0.00208. The van der Waals surface area contributed by atoms with E-state index in [4.69, 9.17) is 0 Å². The molecule has 4 aromatic rings. The highest BCUT2D eigenvalue weighted by Crippen LogP contribution is 2.37. The molecule has 184 valence electrons. The number of thioether (sulfide) groups is 1. The third kappa shape index (κ3) is 7.02. The van der Waals surface area contributed by atoms with Crippen LogP contribution in [0.2, 0.25) is 0 Å². The van der Waals surface area contributed by atoms with Crippen LogP contribution < -0.4 is 10.6 Å². The summed E-state index contributed by atoms with van der Waals surface area (Å²) in [5.74, 6) is -0.498. The summed E-state index contributed by atoms with van der Waals surface area (Å²) in [7, 11) is 0. The summed E-state index contributed by atoms with van der Waals surface area (Å²) in [5.41, 5.74) is 3.06. The molecule has 0 fully saturated rings. The summed E-state index contributed by atoms with van der Waals surface area (Å²) in [4.78, 5) is 30.8. The number of benzene rings is 3. The van der Waals surface area contributed by atoms with Crippen LogP contribution in [0.1, 0.15) is 37.0 Å². The first-order chi connectivity index (χ1) is 17.5. The predicted octanol–water partition coefficient (Wildman–Crippen LogP) is 7.55. The lowest BCUT2D eigenvalue weighted by Crippen LogP contribution is -2.19. The van der Waals surface area contributed by atoms with Gasteiger partial charge in [-0.1, -0.05) is 43.7 Å². The normalized spacial score (nSPS) is 11.6. The van der Waals surface area contributed by atoms with Gasteiger partial charge in [-0.3, -0.25) is 9.59 Å². The van der Waals surface area contributed by atoms with Crippen molar-refractivity contribution in [2.24, 2.45) is 0 Å². The SMILES string of the molecule is CCCCC(=O)Nc1ccc(SC(C(=O)Nc2nc(-c3ccc(F)cc3)cs2)c2ccccc2)cc1. The number of nitrogens with one attached hydrogen (secondary N) is 2. The van der Waals surface area contributed by atoms with Crippen LogP contribution in [0.5, 0.6) is 0 Å². The van der Waals surface area contributed by atoms with Crippen LogP contribution in [0, 0.1) is 5.82 Å². The van der Waals surface area contributed by atoms with Gasteiger partial charge in [-0.15, -0.1) is 23.1 Å². The summed E-state index contributed by atoms with van der Waals surface area (Å²) < 4.78 is 13.2. The molecule has 2 N–H and O–H groups in total. The molecule has 1 aromatic heterocycles. The Kier molecular flexibility index (Phi) is 8.86. The molecule has 0 bridgehead atoms. The molecule has 0 saturated heterocycles. The van der Waals surface area contributed by atoms with Crippen molar-refractivity contribution < 1.29 is 14.0 Å². The molecule has 36 heavy (non-hydrogen) atoms. The molecule has 0 saturated carbocycles. The number of hydrogen-bond acceptors (Lipinski definition) is 5. The second-order valence-corrected chi connectivity index (χ2v) is 10.2. The Hall–Kier alpha value is -3.49. The van der Waals surface area contributed by atoms with E-state index in [1.54, 1.807) is 12.1 Å². The van der Waals surface area contributed by atoms with Gasteiger partial charge in [-0.25, -0.2) is 9.37 Å². The average Bonchev–Trinajstić information content (AvgIpc) is 3.36. The van der Waals surface area contributed by atoms with Crippen LogP contribution >= 0.6 is 23.1 Å². The molecule has 2 amide bonds. The van der Waals surface area contributed by atoms with Gasteiger partial charge in [0, 0.05) is 27.9 Å². The van der Waals surface area contributed by atoms with Crippen molar-refractivity contribution in [1.82, 2.24) is 4.98 Å². The van der Waals surface area contributed by atoms with Crippen LogP contribution in [0.25, 0.3) is 11.3 Å². The minimum Gasteiger partial charge on any atom is -0.326 e. The molecule has 1 unspecified atom stereocenters. The van der Waals surface area contributed by atoms with Crippen molar-refractivity contribution in [2.75, 3.05) is 10.6 Å². The molecule has 3 aromatic carbocycles. The highest BCUT2D eigenvalue weighted by atomic mass is 32.2. The molecule has 0 aliphatic heterocycles. The Morgan fingerprint density at radius 2 is 1.69 bits per heavy atom. The van der Waals surface area contributed by atoms with E-state index in [1.807, 2.05) is 60.0 Å². The fourth-order valence-corrected chi connectivity index (χ4v) is 5.22. The summed E-state index contributed by atoms with van der Waals surface area (Å²) in [6, 6.07) is 23.2. The molecule has 0 spiro atoms. The number of unbranched alkanes of at least 4 members (excludes halogenated alkanes) is 1. The molecule has 0 aliphatic rings. The number of amides is 2. The first-order valence-corrected chi connectivity index (χ1v) is 13.4. The van der Waals surface area contributed by atoms with Crippen molar-refractivity contribution in [3.8, 4) is 11.3 Å². The van der Waals surface area contributed by atoms with E-state index in [2.05, 4.69) is 22.5 Å². The van der Waals surface area contributed by atoms with Gasteiger partial charge in [0.1, 0.15) is 11.1 Å². The van der Waals surface area contributed by atoms with Crippen LogP contribution in [-0.4, -0.2) is 16.8 Å². The number of anilines is 2. The van der Waals surface area contributed by atoms with Gasteiger partial charge in [0.05, 0.1) is 5.69 Å². The summed E-state index contributed by atoms with van der Waals surface area (Å²) in [5, 5.41) is 7.65. The van der Waals surface area contributed by atoms with Gasteiger partial charge in [-0.2, -0.15) is 0 Å². The van der Waals surface area contributed by atoms with Gasteiger partial charge in [0.15, 0.2) is 5.13 Å². The van der Waals surface area contributed by atoms with E-state index in [-0.39, 0.29) is 17.6 Å². The van der Waals surface area contributed by atoms with Gasteiger partial charge in [-0.05, 0) is 60.5 Å². The fraction of sp³-hybridized carbons (Fsp3) is 0.179. The average molecular weight is 520 g/mol. The number of rotatable bonds is 10. The molecular formula is C28H26FN3O2S2. The van der Waals surface area contributed by atoms with Crippen molar-refractivity contribution in [3.63, 3.8) is 0 Å². The molecule has 8 heteroatoms. The Labute approximate surface area is 218 Å². The van der Waals surface area contributed by atoms with Crippen molar-refractivity contribution in [1.29, 1.82) is 0 Å². The van der Waals surface area contributed by atoms with E-state index in [1.165, 1.54) is 35.2 Å². The van der Waals surface area contributed by atoms with E-state index < -0.39 is 5.25 Å². The van der Waals surface area contributed by atoms with Gasteiger partial charge in [0.2, 0.25) is 11.8 Å². The predicted molar refractivity (Wildman–Crippen MR) is 146 cm³/mol. The molecular weight excluding hydrogens is 493 g/mol. The molecule has 0 radical (unpaired) electrons. The second-order valence-electron chi connectivity index (χ2n) is 8.12. The maximum atomic E-state index is 13.3. The van der Waals surface area contributed by atoms with Crippen molar-refractivity contribution >= 4 is 45.7 Å². The van der Waals surface area contributed by atoms with Crippen LogP contribution in [0.3, 0.4) is 0 Å². The van der Waals surface area contributed by atoms with Crippen molar-refractivity contribution in [3.05, 3.63) is 95.6 Å². The fourth-order valence-electron chi connectivity index (χ4n) is 3.47. The monoisotopic (exact) mass is 519 g/mol. The first kappa shape index (κ1) is 25.6. The summed E-state index contributed by atoms with van der Waals surface area (Å²) in [6.07, 6.45) is 2.33. The van der Waals surface area contributed by atoms with E-state index in [9.17, 15) is 14.0 Å². The molecule has 1 atom stereocenters. The van der Waals surface area contributed by atoms with Crippen LogP contribution in [0.4, 0.5) is 15.2 Å². The lowest BCUT2D eigenvalue weighted by Gasteiger charge is -2.16. The molecule has 4 rings (SSSR count). The van der Waals surface area contributed by atoms with E-state index in [0.29, 0.717) is 17.2 Å². The number of thiazole rings is 1. The summed E-state index contributed by atoms with van der Waals surface area (Å²) in [6.45, 7) is 2.05. The van der Waals surface area contributed by atoms with E-state index >= 15 is 0 Å². The number of carbonyl (C=O) groups is 2. The Morgan fingerprint density at radius 1 is 0.972 bits per heavy atom. The number of halogens is 1. The zero-order chi connectivity index (χ0) is 25.3. The lowest BCUT2D eigenvalue weighted by atomic mass is 10.1. The third-order valence-electron chi connectivity index (χ3n) is 5.36.